The molecule has 0 aliphatic carbocycles. The van der Waals surface area contributed by atoms with Gasteiger partial charge in [0.1, 0.15) is 11.3 Å². The van der Waals surface area contributed by atoms with Gasteiger partial charge < -0.3 is 0 Å². The van der Waals surface area contributed by atoms with E-state index in [2.05, 4.69) is 25.9 Å². The zero-order valence-electron chi connectivity index (χ0n) is 11.1. The number of pyridine rings is 1. The van der Waals surface area contributed by atoms with Crippen LogP contribution < -0.4 is 0 Å². The molecule has 0 N–H and O–H groups in total. The second-order valence-electron chi connectivity index (χ2n) is 4.69. The van der Waals surface area contributed by atoms with Crippen LogP contribution in [0.4, 0.5) is 0 Å². The van der Waals surface area contributed by atoms with Crippen molar-refractivity contribution >= 4 is 38.7 Å². The normalized spacial score (nSPS) is 12.8. The number of halogens is 2. The summed E-state index contributed by atoms with van der Waals surface area (Å²) in [5.74, 6) is 0.807. The van der Waals surface area contributed by atoms with E-state index in [0.29, 0.717) is 0 Å². The average molecular weight is 351 g/mol. The summed E-state index contributed by atoms with van der Waals surface area (Å²) in [5, 5.41) is -0.187. The lowest BCUT2D eigenvalue weighted by Crippen LogP contribution is -2.02. The molecule has 0 fully saturated rings. The van der Waals surface area contributed by atoms with Crippen molar-refractivity contribution in [2.45, 2.75) is 19.2 Å². The number of aryl methyl sites for hydroxylation is 1. The topological polar surface area (TPSA) is 30.7 Å². The second-order valence-corrected chi connectivity index (χ2v) is 6.26. The lowest BCUT2D eigenvalue weighted by atomic mass is 10.3. The third-order valence-electron chi connectivity index (χ3n) is 3.11. The molecule has 0 radical (unpaired) electrons. The van der Waals surface area contributed by atoms with E-state index in [1.165, 1.54) is 0 Å². The Balaban J connectivity index is 2.33. The molecule has 0 amide bonds. The molecular formula is C15H13BrClN3. The highest BCUT2D eigenvalue weighted by Gasteiger charge is 2.17. The minimum Gasteiger partial charge on any atom is -0.279 e. The van der Waals surface area contributed by atoms with Gasteiger partial charge in [-0.25, -0.2) is 9.97 Å². The van der Waals surface area contributed by atoms with Gasteiger partial charge in [-0.3, -0.25) is 4.57 Å². The third kappa shape index (κ3) is 2.34. The first kappa shape index (κ1) is 13.6. The average Bonchev–Trinajstić information content (AvgIpc) is 2.78. The van der Waals surface area contributed by atoms with E-state index in [1.54, 1.807) is 0 Å². The number of alkyl halides is 1. The van der Waals surface area contributed by atoms with Gasteiger partial charge in [0.05, 0.1) is 5.38 Å². The van der Waals surface area contributed by atoms with Gasteiger partial charge in [-0.15, -0.1) is 11.6 Å². The van der Waals surface area contributed by atoms with Gasteiger partial charge in [-0.05, 0) is 50.2 Å². The van der Waals surface area contributed by atoms with E-state index < -0.39 is 0 Å². The molecule has 0 spiro atoms. The Morgan fingerprint density at radius 3 is 2.45 bits per heavy atom. The van der Waals surface area contributed by atoms with Gasteiger partial charge in [-0.1, -0.05) is 15.9 Å². The number of hydrogen-bond donors (Lipinski definition) is 0. The van der Waals surface area contributed by atoms with E-state index in [0.717, 1.165) is 32.8 Å². The Hall–Kier alpha value is -1.39. The molecule has 0 aliphatic heterocycles. The molecule has 102 valence electrons. The first-order valence-electron chi connectivity index (χ1n) is 6.32. The first-order valence-corrected chi connectivity index (χ1v) is 7.55. The number of imidazole rings is 1. The Labute approximate surface area is 130 Å². The molecule has 5 heteroatoms. The molecule has 3 rings (SSSR count). The van der Waals surface area contributed by atoms with Crippen LogP contribution in [0.5, 0.6) is 0 Å². The van der Waals surface area contributed by atoms with E-state index in [1.807, 2.05) is 54.8 Å². The van der Waals surface area contributed by atoms with Gasteiger partial charge in [0.25, 0.3) is 0 Å². The van der Waals surface area contributed by atoms with Crippen LogP contribution in [0, 0.1) is 6.92 Å². The number of fused-ring (bicyclic) bond motifs is 1. The monoisotopic (exact) mass is 349 g/mol. The largest absolute Gasteiger partial charge is 0.279 e. The predicted molar refractivity (Wildman–Crippen MR) is 85.6 cm³/mol. The summed E-state index contributed by atoms with van der Waals surface area (Å²) in [7, 11) is 0. The van der Waals surface area contributed by atoms with Crippen molar-refractivity contribution in [3.05, 3.63) is 52.4 Å². The maximum absolute atomic E-state index is 6.28. The van der Waals surface area contributed by atoms with Crippen molar-refractivity contribution in [3.8, 4) is 5.69 Å². The minimum absolute atomic E-state index is 0.187. The van der Waals surface area contributed by atoms with Gasteiger partial charge >= 0.3 is 0 Å². The fourth-order valence-electron chi connectivity index (χ4n) is 2.18. The highest BCUT2D eigenvalue weighted by atomic mass is 79.9. The summed E-state index contributed by atoms with van der Waals surface area (Å²) in [6.07, 6.45) is 0. The van der Waals surface area contributed by atoms with Crippen LogP contribution in [0.25, 0.3) is 16.9 Å². The van der Waals surface area contributed by atoms with Crippen LogP contribution >= 0.6 is 27.5 Å². The Kier molecular flexibility index (Phi) is 3.52. The Morgan fingerprint density at radius 1 is 1.10 bits per heavy atom. The van der Waals surface area contributed by atoms with Crippen molar-refractivity contribution in [1.82, 2.24) is 14.5 Å². The molecule has 20 heavy (non-hydrogen) atoms. The number of rotatable bonds is 2. The summed E-state index contributed by atoms with van der Waals surface area (Å²) < 4.78 is 3.06. The van der Waals surface area contributed by atoms with Gasteiger partial charge in [-0.2, -0.15) is 0 Å². The molecule has 1 unspecified atom stereocenters. The summed E-state index contributed by atoms with van der Waals surface area (Å²) in [5.41, 5.74) is 3.68. The number of nitrogens with zero attached hydrogens (tertiary/aromatic N) is 3. The lowest BCUT2D eigenvalue weighted by Gasteiger charge is -2.10. The molecule has 2 heterocycles. The molecule has 0 aliphatic rings. The van der Waals surface area contributed by atoms with Crippen LogP contribution in [-0.4, -0.2) is 14.5 Å². The smallest absolute Gasteiger partial charge is 0.164 e. The standard InChI is InChI=1S/C15H13BrClN3/c1-9-3-8-13-15(18-9)20(14(19-13)10(2)17)12-6-4-11(16)5-7-12/h3-8,10H,1-2H3. The highest BCUT2D eigenvalue weighted by molar-refractivity contribution is 9.10. The zero-order chi connectivity index (χ0) is 14.3. The second kappa shape index (κ2) is 5.19. The van der Waals surface area contributed by atoms with Gasteiger partial charge in [0.15, 0.2) is 5.65 Å². The first-order chi connectivity index (χ1) is 9.56. The van der Waals surface area contributed by atoms with Gasteiger partial charge in [0, 0.05) is 15.9 Å². The van der Waals surface area contributed by atoms with Crippen LogP contribution in [0.1, 0.15) is 23.8 Å². The molecule has 3 nitrogen and oxygen atoms in total. The zero-order valence-corrected chi connectivity index (χ0v) is 13.5. The molecule has 3 aromatic rings. The molecule has 2 aromatic heterocycles. The van der Waals surface area contributed by atoms with Crippen LogP contribution in [0.15, 0.2) is 40.9 Å². The highest BCUT2D eigenvalue weighted by Crippen LogP contribution is 2.28. The molecular weight excluding hydrogens is 338 g/mol. The van der Waals surface area contributed by atoms with E-state index in [9.17, 15) is 0 Å². The van der Waals surface area contributed by atoms with E-state index in [-0.39, 0.29) is 5.38 Å². The van der Waals surface area contributed by atoms with Crippen molar-refractivity contribution in [2.75, 3.05) is 0 Å². The predicted octanol–water partition coefficient (Wildman–Crippen LogP) is 4.79. The molecule has 1 atom stereocenters. The lowest BCUT2D eigenvalue weighted by molar-refractivity contribution is 0.876. The van der Waals surface area contributed by atoms with Crippen LogP contribution in [0.3, 0.4) is 0 Å². The molecule has 0 bridgehead atoms. The fourth-order valence-corrected chi connectivity index (χ4v) is 2.59. The summed E-state index contributed by atoms with van der Waals surface area (Å²) in [6, 6.07) is 12.0. The van der Waals surface area contributed by atoms with E-state index >= 15 is 0 Å². The van der Waals surface area contributed by atoms with Crippen LogP contribution in [0.2, 0.25) is 0 Å². The summed E-state index contributed by atoms with van der Waals surface area (Å²) >= 11 is 9.73. The van der Waals surface area contributed by atoms with Crippen molar-refractivity contribution in [2.24, 2.45) is 0 Å². The van der Waals surface area contributed by atoms with Gasteiger partial charge in [0.2, 0.25) is 0 Å². The van der Waals surface area contributed by atoms with Crippen molar-refractivity contribution in [3.63, 3.8) is 0 Å². The third-order valence-corrected chi connectivity index (χ3v) is 3.83. The number of benzene rings is 1. The minimum atomic E-state index is -0.187. The van der Waals surface area contributed by atoms with E-state index in [4.69, 9.17) is 11.6 Å². The number of hydrogen-bond acceptors (Lipinski definition) is 2. The quantitative estimate of drug-likeness (QED) is 0.622. The number of aromatic nitrogens is 3. The fraction of sp³-hybridized carbons (Fsp3) is 0.200. The molecule has 0 saturated carbocycles. The van der Waals surface area contributed by atoms with Crippen molar-refractivity contribution in [1.29, 1.82) is 0 Å². The summed E-state index contributed by atoms with van der Waals surface area (Å²) in [4.78, 5) is 9.22. The molecule has 0 saturated heterocycles. The van der Waals surface area contributed by atoms with Crippen LogP contribution in [-0.2, 0) is 0 Å². The maximum atomic E-state index is 6.28. The summed E-state index contributed by atoms with van der Waals surface area (Å²) in [6.45, 7) is 3.90. The Morgan fingerprint density at radius 2 is 1.80 bits per heavy atom. The van der Waals surface area contributed by atoms with Crippen molar-refractivity contribution < 1.29 is 0 Å². The maximum Gasteiger partial charge on any atom is 0.164 e. The Bertz CT molecular complexity index is 763. The SMILES string of the molecule is Cc1ccc2nc(C(C)Cl)n(-c3ccc(Br)cc3)c2n1. The molecule has 1 aromatic carbocycles.